The second kappa shape index (κ2) is 7.96. The van der Waals surface area contributed by atoms with Gasteiger partial charge in [-0.05, 0) is 63.1 Å². The zero-order valence-corrected chi connectivity index (χ0v) is 16.3. The molecule has 0 unspecified atom stereocenters. The highest BCUT2D eigenvalue weighted by Crippen LogP contribution is 2.21. The fourth-order valence-corrected chi connectivity index (χ4v) is 3.62. The Balaban J connectivity index is 2.33. The van der Waals surface area contributed by atoms with Gasteiger partial charge in [-0.1, -0.05) is 18.2 Å². The molecule has 0 bridgehead atoms. The molecule has 0 saturated carbocycles. The highest BCUT2D eigenvalue weighted by atomic mass is 32.2. The van der Waals surface area contributed by atoms with E-state index < -0.39 is 27.5 Å². The van der Waals surface area contributed by atoms with Crippen LogP contribution in [0.5, 0.6) is 0 Å². The zero-order valence-electron chi connectivity index (χ0n) is 15.5. The number of sulfonamides is 1. The number of nitrogen functional groups attached to an aromatic ring is 1. The molecule has 2 aromatic carbocycles. The Kier molecular flexibility index (Phi) is 6.10. The van der Waals surface area contributed by atoms with E-state index in [1.165, 1.54) is 12.1 Å². The van der Waals surface area contributed by atoms with Crippen LogP contribution in [0, 0.1) is 5.82 Å². The van der Waals surface area contributed by atoms with Crippen molar-refractivity contribution in [2.24, 2.45) is 0 Å². The van der Waals surface area contributed by atoms with Gasteiger partial charge in [0.1, 0.15) is 11.4 Å². The van der Waals surface area contributed by atoms with Gasteiger partial charge < -0.3 is 10.5 Å². The van der Waals surface area contributed by atoms with Crippen molar-refractivity contribution in [3.63, 3.8) is 0 Å². The van der Waals surface area contributed by atoms with Crippen LogP contribution in [0.4, 0.5) is 14.9 Å². The Morgan fingerprint density at radius 2 is 1.78 bits per heavy atom. The molecule has 1 amide bonds. The number of ether oxygens (including phenoxy) is 1. The molecule has 0 heterocycles. The maximum absolute atomic E-state index is 13.5. The van der Waals surface area contributed by atoms with Crippen molar-refractivity contribution in [2.45, 2.75) is 37.7 Å². The summed E-state index contributed by atoms with van der Waals surface area (Å²) in [5.74, 6) is -0.709. The van der Waals surface area contributed by atoms with Crippen LogP contribution in [-0.2, 0) is 21.2 Å². The van der Waals surface area contributed by atoms with Crippen molar-refractivity contribution in [3.05, 3.63) is 59.9 Å². The number of carbonyl (C=O) groups excluding carboxylic acids is 1. The second-order valence-electron chi connectivity index (χ2n) is 7.01. The summed E-state index contributed by atoms with van der Waals surface area (Å²) in [7, 11) is -4.28. The van der Waals surface area contributed by atoms with Crippen LogP contribution >= 0.6 is 0 Å². The normalized spacial score (nSPS) is 11.9. The molecule has 0 radical (unpaired) electrons. The minimum Gasteiger partial charge on any atom is -0.443 e. The summed E-state index contributed by atoms with van der Waals surface area (Å²) in [5.41, 5.74) is 6.14. The van der Waals surface area contributed by atoms with Gasteiger partial charge >= 0.3 is 6.09 Å². The van der Waals surface area contributed by atoms with Crippen molar-refractivity contribution in [1.29, 1.82) is 0 Å². The van der Waals surface area contributed by atoms with Gasteiger partial charge in [-0.2, -0.15) is 0 Å². The Hall–Kier alpha value is -2.61. The highest BCUT2D eigenvalue weighted by Gasteiger charge is 2.33. The highest BCUT2D eigenvalue weighted by molar-refractivity contribution is 7.89. The van der Waals surface area contributed by atoms with Gasteiger partial charge in [0, 0.05) is 12.2 Å². The number of nitrogens with zero attached hydrogens (tertiary/aromatic N) is 1. The van der Waals surface area contributed by atoms with Crippen molar-refractivity contribution in [1.82, 2.24) is 4.31 Å². The number of hydrogen-bond donors (Lipinski definition) is 1. The number of rotatable bonds is 5. The predicted octanol–water partition coefficient (Wildman–Crippen LogP) is 3.58. The van der Waals surface area contributed by atoms with Gasteiger partial charge in [-0.25, -0.2) is 21.9 Å². The van der Waals surface area contributed by atoms with E-state index >= 15 is 0 Å². The summed E-state index contributed by atoms with van der Waals surface area (Å²) in [5, 5.41) is 0. The lowest BCUT2D eigenvalue weighted by Gasteiger charge is -2.27. The first-order valence-corrected chi connectivity index (χ1v) is 9.79. The molecule has 0 aliphatic carbocycles. The van der Waals surface area contributed by atoms with Crippen molar-refractivity contribution in [3.8, 4) is 0 Å². The molecule has 146 valence electrons. The third-order valence-corrected chi connectivity index (χ3v) is 5.33. The summed E-state index contributed by atoms with van der Waals surface area (Å²) < 4.78 is 45.2. The summed E-state index contributed by atoms with van der Waals surface area (Å²) in [4.78, 5) is 12.2. The minimum absolute atomic E-state index is 0.155. The van der Waals surface area contributed by atoms with E-state index in [-0.39, 0.29) is 17.9 Å². The quantitative estimate of drug-likeness (QED) is 0.783. The SMILES string of the molecule is CC(C)(C)OC(=O)N(CCc1ccc(N)cc1)S(=O)(=O)c1cccc(F)c1. The average molecular weight is 394 g/mol. The number of nitrogens with two attached hydrogens (primary N) is 1. The molecule has 0 aliphatic rings. The smallest absolute Gasteiger partial charge is 0.424 e. The van der Waals surface area contributed by atoms with Gasteiger partial charge in [0.05, 0.1) is 4.90 Å². The first kappa shape index (κ1) is 20.7. The molecule has 2 aromatic rings. The van der Waals surface area contributed by atoms with E-state index in [1.54, 1.807) is 45.0 Å². The molecule has 2 N–H and O–H groups in total. The minimum atomic E-state index is -4.28. The first-order valence-electron chi connectivity index (χ1n) is 8.35. The zero-order chi connectivity index (χ0) is 20.2. The fourth-order valence-electron chi connectivity index (χ4n) is 2.29. The summed E-state index contributed by atoms with van der Waals surface area (Å²) >= 11 is 0. The lowest BCUT2D eigenvalue weighted by atomic mass is 10.1. The van der Waals surface area contributed by atoms with E-state index in [2.05, 4.69) is 0 Å². The number of anilines is 1. The Bertz CT molecular complexity index is 906. The predicted molar refractivity (Wildman–Crippen MR) is 101 cm³/mol. The maximum atomic E-state index is 13.5. The third-order valence-electron chi connectivity index (χ3n) is 3.56. The van der Waals surface area contributed by atoms with E-state index in [0.717, 1.165) is 17.7 Å². The lowest BCUT2D eigenvalue weighted by molar-refractivity contribution is 0.0392. The van der Waals surface area contributed by atoms with Crippen LogP contribution in [-0.4, -0.2) is 31.0 Å². The molecule has 0 fully saturated rings. The van der Waals surface area contributed by atoms with Gasteiger partial charge in [0.2, 0.25) is 0 Å². The maximum Gasteiger partial charge on any atom is 0.424 e. The molecule has 8 heteroatoms. The third kappa shape index (κ3) is 5.68. The van der Waals surface area contributed by atoms with Crippen molar-refractivity contribution < 1.29 is 22.3 Å². The fraction of sp³-hybridized carbons (Fsp3) is 0.316. The Morgan fingerprint density at radius 1 is 1.15 bits per heavy atom. The number of hydrogen-bond acceptors (Lipinski definition) is 5. The van der Waals surface area contributed by atoms with Crippen molar-refractivity contribution >= 4 is 21.8 Å². The molecule has 6 nitrogen and oxygen atoms in total. The average Bonchev–Trinajstić information content (AvgIpc) is 2.55. The molecule has 0 atom stereocenters. The molecule has 0 aliphatic heterocycles. The molecule has 0 spiro atoms. The summed E-state index contributed by atoms with van der Waals surface area (Å²) in [6.45, 7) is 4.76. The lowest BCUT2D eigenvalue weighted by Crippen LogP contribution is -2.42. The summed E-state index contributed by atoms with van der Waals surface area (Å²) in [6, 6.07) is 11.4. The molecular weight excluding hydrogens is 371 g/mol. The topological polar surface area (TPSA) is 89.7 Å². The van der Waals surface area contributed by atoms with Crippen molar-refractivity contribution in [2.75, 3.05) is 12.3 Å². The van der Waals surface area contributed by atoms with Crippen LogP contribution in [0.1, 0.15) is 26.3 Å². The van der Waals surface area contributed by atoms with Crippen LogP contribution in [0.15, 0.2) is 53.4 Å². The first-order chi connectivity index (χ1) is 12.5. The van der Waals surface area contributed by atoms with Crippen LogP contribution < -0.4 is 5.73 Å². The number of benzene rings is 2. The standard InChI is InChI=1S/C19H23FN2O4S/c1-19(2,3)26-18(23)22(12-11-14-7-9-16(21)10-8-14)27(24,25)17-6-4-5-15(20)13-17/h4-10,13H,11-12,21H2,1-3H3. The van der Waals surface area contributed by atoms with E-state index in [1.807, 2.05) is 0 Å². The number of amides is 1. The van der Waals surface area contributed by atoms with Crippen LogP contribution in [0.2, 0.25) is 0 Å². The largest absolute Gasteiger partial charge is 0.443 e. The summed E-state index contributed by atoms with van der Waals surface area (Å²) in [6.07, 6.45) is -0.754. The van der Waals surface area contributed by atoms with E-state index in [0.29, 0.717) is 9.99 Å². The van der Waals surface area contributed by atoms with E-state index in [4.69, 9.17) is 10.5 Å². The molecular formula is C19H23FN2O4S. The monoisotopic (exact) mass is 394 g/mol. The van der Waals surface area contributed by atoms with Gasteiger partial charge in [0.25, 0.3) is 10.0 Å². The Labute approximate surface area is 158 Å². The molecule has 2 rings (SSSR count). The van der Waals surface area contributed by atoms with Crippen LogP contribution in [0.25, 0.3) is 0 Å². The molecule has 0 aromatic heterocycles. The van der Waals surface area contributed by atoms with E-state index in [9.17, 15) is 17.6 Å². The number of halogens is 1. The van der Waals surface area contributed by atoms with Gasteiger partial charge in [-0.3, -0.25) is 0 Å². The number of carbonyl (C=O) groups is 1. The molecule has 27 heavy (non-hydrogen) atoms. The Morgan fingerprint density at radius 3 is 2.33 bits per heavy atom. The van der Waals surface area contributed by atoms with Gasteiger partial charge in [0.15, 0.2) is 0 Å². The second-order valence-corrected chi connectivity index (χ2v) is 8.87. The van der Waals surface area contributed by atoms with Gasteiger partial charge in [-0.15, -0.1) is 0 Å². The molecule has 0 saturated heterocycles. The van der Waals surface area contributed by atoms with Crippen LogP contribution in [0.3, 0.4) is 0 Å².